The van der Waals surface area contributed by atoms with Crippen molar-refractivity contribution in [3.05, 3.63) is 0 Å². The van der Waals surface area contributed by atoms with Crippen LogP contribution in [0.4, 0.5) is 0 Å². The lowest BCUT2D eigenvalue weighted by Crippen LogP contribution is -2.44. The first-order chi connectivity index (χ1) is 10.8. The summed E-state index contributed by atoms with van der Waals surface area (Å²) in [5, 5.41) is 0. The predicted molar refractivity (Wildman–Crippen MR) is 89.5 cm³/mol. The fourth-order valence-electron chi connectivity index (χ4n) is 3.87. The van der Waals surface area contributed by atoms with Crippen LogP contribution in [0.1, 0.15) is 40.5 Å². The lowest BCUT2D eigenvalue weighted by Gasteiger charge is -2.31. The molecule has 2 rings (SSSR count). The van der Waals surface area contributed by atoms with Crippen molar-refractivity contribution < 1.29 is 17.9 Å². The topological polar surface area (TPSA) is 66.9 Å². The summed E-state index contributed by atoms with van der Waals surface area (Å²) in [6.45, 7) is 10.5. The largest absolute Gasteiger partial charge is 0.466 e. The molecule has 2 aliphatic rings. The van der Waals surface area contributed by atoms with Gasteiger partial charge in [0.25, 0.3) is 0 Å². The average Bonchev–Trinajstić information content (AvgIpc) is 2.77. The molecule has 23 heavy (non-hydrogen) atoms. The summed E-state index contributed by atoms with van der Waals surface area (Å²) in [4.78, 5) is 15.0. The molecule has 134 valence electrons. The van der Waals surface area contributed by atoms with Gasteiger partial charge < -0.3 is 4.74 Å². The first-order valence-electron chi connectivity index (χ1n) is 8.66. The van der Waals surface area contributed by atoms with Crippen molar-refractivity contribution in [2.75, 3.05) is 38.5 Å². The lowest BCUT2D eigenvalue weighted by atomic mass is 9.75. The minimum absolute atomic E-state index is 0.00720. The van der Waals surface area contributed by atoms with Gasteiger partial charge in [0.1, 0.15) is 0 Å². The molecule has 0 aromatic carbocycles. The van der Waals surface area contributed by atoms with Crippen molar-refractivity contribution in [2.45, 2.75) is 46.6 Å². The van der Waals surface area contributed by atoms with E-state index >= 15 is 0 Å². The maximum atomic E-state index is 12.7. The Labute approximate surface area is 140 Å². The molecule has 0 aliphatic carbocycles. The van der Waals surface area contributed by atoms with E-state index < -0.39 is 15.4 Å². The van der Waals surface area contributed by atoms with Crippen LogP contribution in [0.5, 0.6) is 0 Å². The molecule has 0 N–H and O–H groups in total. The van der Waals surface area contributed by atoms with Gasteiger partial charge in [-0.1, -0.05) is 0 Å². The number of esters is 1. The minimum atomic E-state index is -3.22. The Hall–Kier alpha value is -0.660. The molecule has 2 heterocycles. The van der Waals surface area contributed by atoms with Crippen molar-refractivity contribution in [1.82, 2.24) is 9.21 Å². The van der Waals surface area contributed by atoms with Gasteiger partial charge in [-0.05, 0) is 40.5 Å². The zero-order chi connectivity index (χ0) is 17.3. The number of likely N-dealkylation sites (tertiary alicyclic amines) is 1. The predicted octanol–water partition coefficient (Wildman–Crippen LogP) is 1.32. The molecule has 2 saturated heterocycles. The average molecular weight is 346 g/mol. The Bertz CT molecular complexity index is 534. The minimum Gasteiger partial charge on any atom is -0.466 e. The summed E-state index contributed by atoms with van der Waals surface area (Å²) in [7, 11) is -3.22. The number of rotatable bonds is 5. The molecule has 0 spiro atoms. The Kier molecular flexibility index (Phi) is 5.74. The summed E-state index contributed by atoms with van der Waals surface area (Å²) in [6.07, 6.45) is 1.41. The number of fused-ring (bicyclic) bond motifs is 1. The standard InChI is InChI=1S/C16H30N2O4S/c1-5-22-15(19)16-8-7-9-18(23(20,21)6-2)11-14(16)10-17(12-16)13(3)4/h13-14H,5-12H2,1-4H3/t14-,16+/m1/s1. The van der Waals surface area contributed by atoms with Crippen LogP contribution in [0.2, 0.25) is 0 Å². The van der Waals surface area contributed by atoms with E-state index in [4.69, 9.17) is 4.74 Å². The summed E-state index contributed by atoms with van der Waals surface area (Å²) in [6, 6.07) is 0.337. The maximum Gasteiger partial charge on any atom is 0.313 e. The summed E-state index contributed by atoms with van der Waals surface area (Å²) in [5.74, 6) is -0.0308. The first kappa shape index (κ1) is 18.7. The van der Waals surface area contributed by atoms with Gasteiger partial charge in [0, 0.05) is 38.1 Å². The highest BCUT2D eigenvalue weighted by molar-refractivity contribution is 7.89. The lowest BCUT2D eigenvalue weighted by molar-refractivity contribution is -0.157. The van der Waals surface area contributed by atoms with Crippen LogP contribution in [0, 0.1) is 11.3 Å². The first-order valence-corrected chi connectivity index (χ1v) is 10.3. The van der Waals surface area contributed by atoms with E-state index in [1.165, 1.54) is 0 Å². The smallest absolute Gasteiger partial charge is 0.313 e. The summed E-state index contributed by atoms with van der Waals surface area (Å²) in [5.41, 5.74) is -0.557. The van der Waals surface area contributed by atoms with Crippen molar-refractivity contribution in [3.63, 3.8) is 0 Å². The monoisotopic (exact) mass is 346 g/mol. The Balaban J connectivity index is 2.32. The van der Waals surface area contributed by atoms with Crippen LogP contribution in [-0.2, 0) is 19.6 Å². The Morgan fingerprint density at radius 2 is 2.00 bits per heavy atom. The fraction of sp³-hybridized carbons (Fsp3) is 0.938. The van der Waals surface area contributed by atoms with E-state index in [-0.39, 0.29) is 17.6 Å². The third-order valence-electron chi connectivity index (χ3n) is 5.35. The van der Waals surface area contributed by atoms with E-state index in [1.807, 2.05) is 6.92 Å². The number of hydrogen-bond donors (Lipinski definition) is 0. The SMILES string of the molecule is CCOC(=O)[C@]12CCCN(S(=O)(=O)CC)C[C@H]1CN(C(C)C)C2. The molecule has 0 aromatic rings. The van der Waals surface area contributed by atoms with Gasteiger partial charge in [0.15, 0.2) is 0 Å². The molecule has 0 unspecified atom stereocenters. The van der Waals surface area contributed by atoms with E-state index in [0.717, 1.165) is 6.54 Å². The number of carbonyl (C=O) groups is 1. The molecule has 2 aliphatic heterocycles. The summed E-state index contributed by atoms with van der Waals surface area (Å²) < 4.78 is 31.6. The molecule has 0 radical (unpaired) electrons. The van der Waals surface area contributed by atoms with Crippen LogP contribution in [0.15, 0.2) is 0 Å². The van der Waals surface area contributed by atoms with Gasteiger partial charge in [-0.25, -0.2) is 12.7 Å². The highest BCUT2D eigenvalue weighted by Gasteiger charge is 2.55. The van der Waals surface area contributed by atoms with Crippen molar-refractivity contribution >= 4 is 16.0 Å². The van der Waals surface area contributed by atoms with Crippen LogP contribution in [0.3, 0.4) is 0 Å². The number of nitrogens with zero attached hydrogens (tertiary/aromatic N) is 2. The van der Waals surface area contributed by atoms with E-state index in [0.29, 0.717) is 45.1 Å². The molecule has 2 fully saturated rings. The molecule has 0 bridgehead atoms. The van der Waals surface area contributed by atoms with Crippen molar-refractivity contribution in [3.8, 4) is 0 Å². The molecule has 7 heteroatoms. The fourth-order valence-corrected chi connectivity index (χ4v) is 5.05. The third kappa shape index (κ3) is 3.56. The molecule has 6 nitrogen and oxygen atoms in total. The van der Waals surface area contributed by atoms with Gasteiger partial charge in [-0.3, -0.25) is 9.69 Å². The van der Waals surface area contributed by atoms with Crippen molar-refractivity contribution in [1.29, 1.82) is 0 Å². The number of ether oxygens (including phenoxy) is 1. The van der Waals surface area contributed by atoms with Gasteiger partial charge >= 0.3 is 5.97 Å². The zero-order valence-electron chi connectivity index (χ0n) is 14.7. The quantitative estimate of drug-likeness (QED) is 0.703. The maximum absolute atomic E-state index is 12.7. The second kappa shape index (κ2) is 7.07. The van der Waals surface area contributed by atoms with Gasteiger partial charge in [0.05, 0.1) is 17.8 Å². The molecular weight excluding hydrogens is 316 g/mol. The van der Waals surface area contributed by atoms with Crippen LogP contribution in [-0.4, -0.2) is 68.2 Å². The highest BCUT2D eigenvalue weighted by atomic mass is 32.2. The normalized spacial score (nSPS) is 30.2. The Morgan fingerprint density at radius 1 is 1.30 bits per heavy atom. The molecule has 2 atom stereocenters. The van der Waals surface area contributed by atoms with Gasteiger partial charge in [-0.2, -0.15) is 0 Å². The highest BCUT2D eigenvalue weighted by Crippen LogP contribution is 2.44. The molecular formula is C16H30N2O4S. The second-order valence-corrected chi connectivity index (χ2v) is 9.22. The van der Waals surface area contributed by atoms with Crippen LogP contribution < -0.4 is 0 Å². The van der Waals surface area contributed by atoms with Crippen LogP contribution in [0.25, 0.3) is 0 Å². The molecule has 0 aromatic heterocycles. The number of sulfonamides is 1. The number of carbonyl (C=O) groups excluding carboxylic acids is 1. The van der Waals surface area contributed by atoms with Gasteiger partial charge in [0.2, 0.25) is 10.0 Å². The number of hydrogen-bond acceptors (Lipinski definition) is 5. The van der Waals surface area contributed by atoms with Crippen molar-refractivity contribution in [2.24, 2.45) is 11.3 Å². The molecule has 0 saturated carbocycles. The molecule has 0 amide bonds. The van der Waals surface area contributed by atoms with E-state index in [2.05, 4.69) is 18.7 Å². The third-order valence-corrected chi connectivity index (χ3v) is 7.19. The van der Waals surface area contributed by atoms with E-state index in [9.17, 15) is 13.2 Å². The Morgan fingerprint density at radius 3 is 2.57 bits per heavy atom. The van der Waals surface area contributed by atoms with E-state index in [1.54, 1.807) is 11.2 Å². The second-order valence-electron chi connectivity index (χ2n) is 6.96. The van der Waals surface area contributed by atoms with Gasteiger partial charge in [-0.15, -0.1) is 0 Å². The van der Waals surface area contributed by atoms with Crippen LogP contribution >= 0.6 is 0 Å². The zero-order valence-corrected chi connectivity index (χ0v) is 15.6. The summed E-state index contributed by atoms with van der Waals surface area (Å²) >= 11 is 0.